The van der Waals surface area contributed by atoms with Crippen LogP contribution in [-0.4, -0.2) is 37.2 Å². The molecule has 0 rings (SSSR count). The summed E-state index contributed by atoms with van der Waals surface area (Å²) in [6.45, 7) is 6.52. The fourth-order valence-electron chi connectivity index (χ4n) is 9.74. The first kappa shape index (κ1) is 73.8. The van der Waals surface area contributed by atoms with E-state index in [1.165, 1.54) is 193 Å². The van der Waals surface area contributed by atoms with Crippen molar-refractivity contribution >= 4 is 17.9 Å². The topological polar surface area (TPSA) is 78.9 Å². The number of rotatable bonds is 61. The molecule has 0 amide bonds. The minimum absolute atomic E-state index is 0.0822. The standard InChI is InChI=1S/C71H126O6/c1-4-7-10-13-16-19-21-23-25-27-29-31-33-34-35-36-37-39-40-42-44-46-48-50-52-55-58-61-64-70(73)76-67-68(66-75-69(72)63-60-57-54-18-15-12-9-6-3)77-71(74)65-62-59-56-53-51-49-47-45-43-41-38-32-30-28-26-24-22-20-17-14-11-8-5-2/h8,11,17,20,24,26,30,32,41,43,47,49,68H,4-7,9-10,12-16,18-19,21-23,25,27-29,31,33-40,42,44-46,48,50-67H2,1-3H3/b11-8-,20-17-,26-24-,32-30-,43-41-,49-47-. The minimum Gasteiger partial charge on any atom is -0.462 e. The van der Waals surface area contributed by atoms with Gasteiger partial charge in [-0.25, -0.2) is 0 Å². The first-order valence-corrected chi connectivity index (χ1v) is 33.4. The summed E-state index contributed by atoms with van der Waals surface area (Å²) in [6.07, 6.45) is 85.2. The van der Waals surface area contributed by atoms with E-state index in [0.29, 0.717) is 19.3 Å². The Morgan fingerprint density at radius 1 is 0.273 bits per heavy atom. The van der Waals surface area contributed by atoms with Gasteiger partial charge in [-0.2, -0.15) is 0 Å². The van der Waals surface area contributed by atoms with E-state index in [4.69, 9.17) is 14.2 Å². The first-order chi connectivity index (χ1) is 38.0. The molecule has 0 aromatic carbocycles. The fraction of sp³-hybridized carbons (Fsp3) is 0.789. The number of unbranched alkanes of at least 4 members (excludes halogenated alkanes) is 38. The lowest BCUT2D eigenvalue weighted by Crippen LogP contribution is -2.30. The van der Waals surface area contributed by atoms with E-state index in [2.05, 4.69) is 93.7 Å². The molecule has 1 unspecified atom stereocenters. The Bertz CT molecular complexity index is 1420. The molecule has 0 radical (unpaired) electrons. The molecule has 0 saturated carbocycles. The summed E-state index contributed by atoms with van der Waals surface area (Å²) in [7, 11) is 0. The summed E-state index contributed by atoms with van der Waals surface area (Å²) in [6, 6.07) is 0. The van der Waals surface area contributed by atoms with Gasteiger partial charge in [0, 0.05) is 19.3 Å². The highest BCUT2D eigenvalue weighted by molar-refractivity contribution is 5.71. The van der Waals surface area contributed by atoms with Gasteiger partial charge in [-0.1, -0.05) is 325 Å². The average molecular weight is 1080 g/mol. The van der Waals surface area contributed by atoms with Crippen molar-refractivity contribution in [3.8, 4) is 0 Å². The maximum Gasteiger partial charge on any atom is 0.306 e. The Labute approximate surface area is 478 Å². The Morgan fingerprint density at radius 3 is 0.792 bits per heavy atom. The van der Waals surface area contributed by atoms with E-state index in [-0.39, 0.29) is 31.1 Å². The highest BCUT2D eigenvalue weighted by Gasteiger charge is 2.19. The van der Waals surface area contributed by atoms with Gasteiger partial charge < -0.3 is 14.2 Å². The van der Waals surface area contributed by atoms with Crippen LogP contribution in [0.15, 0.2) is 72.9 Å². The van der Waals surface area contributed by atoms with Crippen LogP contribution in [0.5, 0.6) is 0 Å². The molecule has 0 aliphatic rings. The third-order valence-corrected chi connectivity index (χ3v) is 14.7. The molecule has 0 fully saturated rings. The molecule has 0 bridgehead atoms. The summed E-state index contributed by atoms with van der Waals surface area (Å²) >= 11 is 0. The van der Waals surface area contributed by atoms with Gasteiger partial charge in [-0.3, -0.25) is 14.4 Å². The van der Waals surface area contributed by atoms with Crippen molar-refractivity contribution in [3.05, 3.63) is 72.9 Å². The van der Waals surface area contributed by atoms with Crippen molar-refractivity contribution in [1.82, 2.24) is 0 Å². The number of ether oxygens (including phenoxy) is 3. The van der Waals surface area contributed by atoms with Crippen LogP contribution in [0.1, 0.15) is 342 Å². The van der Waals surface area contributed by atoms with Gasteiger partial charge in [-0.15, -0.1) is 0 Å². The van der Waals surface area contributed by atoms with Gasteiger partial charge in [0.1, 0.15) is 13.2 Å². The van der Waals surface area contributed by atoms with Crippen LogP contribution in [-0.2, 0) is 28.6 Å². The molecule has 0 spiro atoms. The van der Waals surface area contributed by atoms with Crippen LogP contribution in [0.3, 0.4) is 0 Å². The van der Waals surface area contributed by atoms with Crippen LogP contribution in [0.25, 0.3) is 0 Å². The molecule has 6 nitrogen and oxygen atoms in total. The summed E-state index contributed by atoms with van der Waals surface area (Å²) in [5.74, 6) is -0.896. The van der Waals surface area contributed by atoms with E-state index >= 15 is 0 Å². The smallest absolute Gasteiger partial charge is 0.306 e. The number of allylic oxidation sites excluding steroid dienone is 12. The third-order valence-electron chi connectivity index (χ3n) is 14.7. The van der Waals surface area contributed by atoms with Crippen LogP contribution in [0.2, 0.25) is 0 Å². The number of hydrogen-bond donors (Lipinski definition) is 0. The molecule has 446 valence electrons. The van der Waals surface area contributed by atoms with Gasteiger partial charge in [-0.05, 0) is 70.6 Å². The highest BCUT2D eigenvalue weighted by Crippen LogP contribution is 2.18. The van der Waals surface area contributed by atoms with Gasteiger partial charge >= 0.3 is 17.9 Å². The summed E-state index contributed by atoms with van der Waals surface area (Å²) in [5.41, 5.74) is 0. The van der Waals surface area contributed by atoms with E-state index < -0.39 is 6.10 Å². The van der Waals surface area contributed by atoms with E-state index in [9.17, 15) is 14.4 Å². The fourth-order valence-corrected chi connectivity index (χ4v) is 9.74. The molecule has 0 saturated heterocycles. The van der Waals surface area contributed by atoms with E-state index in [1.807, 2.05) is 0 Å². The first-order valence-electron chi connectivity index (χ1n) is 33.4. The van der Waals surface area contributed by atoms with Crippen molar-refractivity contribution in [2.75, 3.05) is 13.2 Å². The Kier molecular flexibility index (Phi) is 62.7. The lowest BCUT2D eigenvalue weighted by molar-refractivity contribution is -0.167. The van der Waals surface area contributed by atoms with Gasteiger partial charge in [0.05, 0.1) is 0 Å². The highest BCUT2D eigenvalue weighted by atomic mass is 16.6. The van der Waals surface area contributed by atoms with Crippen LogP contribution >= 0.6 is 0 Å². The zero-order valence-electron chi connectivity index (χ0n) is 51.2. The lowest BCUT2D eigenvalue weighted by Gasteiger charge is -2.18. The Hall–Kier alpha value is -3.15. The van der Waals surface area contributed by atoms with Gasteiger partial charge in [0.15, 0.2) is 6.10 Å². The zero-order valence-corrected chi connectivity index (χ0v) is 51.2. The molecule has 1 atom stereocenters. The van der Waals surface area contributed by atoms with E-state index in [0.717, 1.165) is 109 Å². The third kappa shape index (κ3) is 63.6. The SMILES string of the molecule is CC/C=C\C/C=C\C/C=C\C/C=C\C/C=C\C/C=C\CCCCCCC(=O)OC(COC(=O)CCCCCCCCCC)COC(=O)CCCCCCCCCCCCCCCCCCCCCCCCCCCCCC. The monoisotopic (exact) mass is 1070 g/mol. The number of esters is 3. The van der Waals surface area contributed by atoms with Crippen LogP contribution in [0.4, 0.5) is 0 Å². The predicted molar refractivity (Wildman–Crippen MR) is 335 cm³/mol. The number of carbonyl (C=O) groups excluding carboxylic acids is 3. The lowest BCUT2D eigenvalue weighted by atomic mass is 10.0. The molecular formula is C71H126O6. The van der Waals surface area contributed by atoms with Crippen molar-refractivity contribution < 1.29 is 28.6 Å². The van der Waals surface area contributed by atoms with Crippen molar-refractivity contribution in [2.24, 2.45) is 0 Å². The molecule has 6 heteroatoms. The average Bonchev–Trinajstić information content (AvgIpc) is 3.43. The summed E-state index contributed by atoms with van der Waals surface area (Å²) < 4.78 is 16.9. The summed E-state index contributed by atoms with van der Waals surface area (Å²) in [4.78, 5) is 38.2. The predicted octanol–water partition coefficient (Wildman–Crippen LogP) is 22.9. The second-order valence-electron chi connectivity index (χ2n) is 22.4. The molecule has 0 aromatic heterocycles. The number of hydrogen-bond acceptors (Lipinski definition) is 6. The number of carbonyl (C=O) groups is 3. The Morgan fingerprint density at radius 2 is 0.506 bits per heavy atom. The second-order valence-corrected chi connectivity index (χ2v) is 22.4. The van der Waals surface area contributed by atoms with Crippen LogP contribution < -0.4 is 0 Å². The van der Waals surface area contributed by atoms with Crippen molar-refractivity contribution in [2.45, 2.75) is 348 Å². The van der Waals surface area contributed by atoms with E-state index in [1.54, 1.807) is 0 Å². The molecule has 0 aliphatic carbocycles. The molecule has 0 N–H and O–H groups in total. The van der Waals surface area contributed by atoms with Gasteiger partial charge in [0.25, 0.3) is 0 Å². The van der Waals surface area contributed by atoms with Crippen molar-refractivity contribution in [3.63, 3.8) is 0 Å². The zero-order chi connectivity index (χ0) is 55.7. The minimum atomic E-state index is -0.786. The molecular weight excluding hydrogens is 949 g/mol. The van der Waals surface area contributed by atoms with Gasteiger partial charge in [0.2, 0.25) is 0 Å². The maximum absolute atomic E-state index is 12.9. The molecule has 0 aliphatic heterocycles. The summed E-state index contributed by atoms with van der Waals surface area (Å²) in [5, 5.41) is 0. The molecule has 77 heavy (non-hydrogen) atoms. The van der Waals surface area contributed by atoms with Crippen molar-refractivity contribution in [1.29, 1.82) is 0 Å². The Balaban J connectivity index is 4.15. The van der Waals surface area contributed by atoms with Crippen LogP contribution in [0, 0.1) is 0 Å². The maximum atomic E-state index is 12.9. The normalized spacial score (nSPS) is 12.5. The molecule has 0 aromatic rings. The quantitative estimate of drug-likeness (QED) is 0.0261. The second kappa shape index (κ2) is 65.4. The molecule has 0 heterocycles. The largest absolute Gasteiger partial charge is 0.462 e.